The molecule has 7 heteroatoms. The average Bonchev–Trinajstić information content (AvgIpc) is 3.34. The maximum Gasteiger partial charge on any atom is 0.191 e. The summed E-state index contributed by atoms with van der Waals surface area (Å²) in [6.45, 7) is 8.48. The number of benzene rings is 1. The van der Waals surface area contributed by atoms with E-state index in [1.165, 1.54) is 11.3 Å². The predicted octanol–water partition coefficient (Wildman–Crippen LogP) is 3.10. The van der Waals surface area contributed by atoms with Crippen LogP contribution in [0.2, 0.25) is 0 Å². The lowest BCUT2D eigenvalue weighted by Crippen LogP contribution is -2.55. The van der Waals surface area contributed by atoms with Crippen molar-refractivity contribution in [1.82, 2.24) is 9.80 Å². The van der Waals surface area contributed by atoms with Crippen molar-refractivity contribution in [2.45, 2.75) is 19.0 Å². The van der Waals surface area contributed by atoms with Crippen molar-refractivity contribution in [1.29, 1.82) is 0 Å². The van der Waals surface area contributed by atoms with Gasteiger partial charge < -0.3 is 14.2 Å². The molecule has 0 spiro atoms. The molecule has 2 aliphatic heterocycles. The number of hydrogen-bond acceptors (Lipinski definition) is 7. The summed E-state index contributed by atoms with van der Waals surface area (Å²) in [4.78, 5) is 19.3. The van der Waals surface area contributed by atoms with E-state index in [9.17, 15) is 4.79 Å². The Kier molecular flexibility index (Phi) is 7.52. The van der Waals surface area contributed by atoms with Crippen LogP contribution in [0.15, 0.2) is 41.8 Å². The molecule has 6 nitrogen and oxygen atoms in total. The van der Waals surface area contributed by atoms with Crippen LogP contribution in [0.5, 0.6) is 5.75 Å². The number of carbonyl (C=O) groups excluding carboxylic acids is 1. The van der Waals surface area contributed by atoms with Crippen molar-refractivity contribution < 1.29 is 19.0 Å². The van der Waals surface area contributed by atoms with E-state index >= 15 is 0 Å². The van der Waals surface area contributed by atoms with Gasteiger partial charge in [-0.3, -0.25) is 14.6 Å². The maximum absolute atomic E-state index is 13.8. The van der Waals surface area contributed by atoms with Gasteiger partial charge in [-0.2, -0.15) is 0 Å². The molecule has 2 atom stereocenters. The summed E-state index contributed by atoms with van der Waals surface area (Å²) < 4.78 is 16.9. The number of ether oxygens (including phenoxy) is 3. The van der Waals surface area contributed by atoms with E-state index in [0.717, 1.165) is 42.4 Å². The van der Waals surface area contributed by atoms with Crippen LogP contribution in [0.4, 0.5) is 0 Å². The molecule has 0 radical (unpaired) electrons. The predicted molar refractivity (Wildman–Crippen MR) is 118 cm³/mol. The van der Waals surface area contributed by atoms with Crippen LogP contribution >= 0.6 is 11.3 Å². The Hall–Kier alpha value is -1.77. The molecule has 2 aromatic rings. The number of thiophene rings is 1. The lowest BCUT2D eigenvalue weighted by molar-refractivity contribution is -0.0300. The number of rotatable bonds is 8. The fraction of sp³-hybridized carbons (Fsp3) is 0.522. The topological polar surface area (TPSA) is 51.2 Å². The van der Waals surface area contributed by atoms with Crippen LogP contribution in [0.3, 0.4) is 0 Å². The van der Waals surface area contributed by atoms with Gasteiger partial charge in [0.25, 0.3) is 0 Å². The van der Waals surface area contributed by atoms with E-state index < -0.39 is 0 Å². The second-order valence-corrected chi connectivity index (χ2v) is 8.48. The molecular weight excluding hydrogens is 400 g/mol. The van der Waals surface area contributed by atoms with E-state index in [0.29, 0.717) is 33.0 Å². The van der Waals surface area contributed by atoms with Crippen LogP contribution in [-0.4, -0.2) is 80.8 Å². The summed E-state index contributed by atoms with van der Waals surface area (Å²) in [6.07, 6.45) is 0. The van der Waals surface area contributed by atoms with Crippen molar-refractivity contribution in [3.05, 3.63) is 52.2 Å². The number of hydrogen-bond donors (Lipinski definition) is 0. The van der Waals surface area contributed by atoms with E-state index in [2.05, 4.69) is 21.9 Å². The molecule has 30 heavy (non-hydrogen) atoms. The quantitative estimate of drug-likeness (QED) is 0.600. The van der Waals surface area contributed by atoms with Gasteiger partial charge in [-0.05, 0) is 36.1 Å². The minimum atomic E-state index is -0.261. The summed E-state index contributed by atoms with van der Waals surface area (Å²) >= 11 is 1.52. The van der Waals surface area contributed by atoms with Gasteiger partial charge in [-0.25, -0.2) is 0 Å². The van der Waals surface area contributed by atoms with Crippen LogP contribution in [0, 0.1) is 0 Å². The zero-order valence-electron chi connectivity index (χ0n) is 17.5. The molecule has 3 heterocycles. The third kappa shape index (κ3) is 4.92. The smallest absolute Gasteiger partial charge is 0.191 e. The molecular formula is C23H30N2O4S. The molecule has 0 N–H and O–H groups in total. The Labute approximate surface area is 182 Å². The highest BCUT2D eigenvalue weighted by molar-refractivity contribution is 7.12. The number of nitrogens with zero attached hydrogens (tertiary/aromatic N) is 2. The van der Waals surface area contributed by atoms with E-state index in [-0.39, 0.29) is 17.9 Å². The molecule has 0 saturated carbocycles. The van der Waals surface area contributed by atoms with Crippen LogP contribution in [-0.2, 0) is 9.47 Å². The monoisotopic (exact) mass is 430 g/mol. The van der Waals surface area contributed by atoms with Crippen molar-refractivity contribution in [3.63, 3.8) is 0 Å². The Morgan fingerprint density at radius 1 is 1.00 bits per heavy atom. The highest BCUT2D eigenvalue weighted by Crippen LogP contribution is 2.33. The summed E-state index contributed by atoms with van der Waals surface area (Å²) in [6, 6.07) is 11.8. The first kappa shape index (κ1) is 21.5. The molecule has 1 aromatic carbocycles. The van der Waals surface area contributed by atoms with Gasteiger partial charge >= 0.3 is 0 Å². The average molecular weight is 431 g/mol. The van der Waals surface area contributed by atoms with E-state index in [1.54, 1.807) is 0 Å². The Bertz CT molecular complexity index is 784. The van der Waals surface area contributed by atoms with Gasteiger partial charge in [-0.1, -0.05) is 18.2 Å². The zero-order valence-corrected chi connectivity index (χ0v) is 18.3. The maximum atomic E-state index is 13.8. The standard InChI is InChI=1S/C23H30N2O4S/c1-2-29-19-7-5-18(6-8-19)21(24-9-13-27-14-10-24)22(25-11-15-28-16-12-25)23(26)20-4-3-17-30-20/h3-8,17,21-22H,2,9-16H2,1H3. The highest BCUT2D eigenvalue weighted by Gasteiger charge is 2.40. The first-order chi connectivity index (χ1) is 14.8. The lowest BCUT2D eigenvalue weighted by atomic mass is 9.91. The fourth-order valence-corrected chi connectivity index (χ4v) is 5.00. The largest absolute Gasteiger partial charge is 0.494 e. The van der Waals surface area contributed by atoms with Gasteiger partial charge in [0.15, 0.2) is 5.78 Å². The highest BCUT2D eigenvalue weighted by atomic mass is 32.1. The Balaban J connectivity index is 1.72. The number of morpholine rings is 2. The van der Waals surface area contributed by atoms with Crippen LogP contribution in [0.1, 0.15) is 28.2 Å². The molecule has 2 aliphatic rings. The molecule has 0 bridgehead atoms. The van der Waals surface area contributed by atoms with Gasteiger partial charge in [0.2, 0.25) is 0 Å². The van der Waals surface area contributed by atoms with Gasteiger partial charge in [0.05, 0.1) is 50.0 Å². The summed E-state index contributed by atoms with van der Waals surface area (Å²) in [5, 5.41) is 1.98. The summed E-state index contributed by atoms with van der Waals surface area (Å²) in [5.41, 5.74) is 1.14. The molecule has 0 amide bonds. The SMILES string of the molecule is CCOc1ccc(C(C(C(=O)c2cccs2)N2CCOCC2)N2CCOCC2)cc1. The third-order valence-corrected chi connectivity index (χ3v) is 6.63. The lowest BCUT2D eigenvalue weighted by Gasteiger charge is -2.44. The molecule has 2 fully saturated rings. The Morgan fingerprint density at radius 3 is 2.20 bits per heavy atom. The molecule has 2 unspecified atom stereocenters. The van der Waals surface area contributed by atoms with E-state index in [1.807, 2.05) is 36.6 Å². The number of ketones is 1. The molecule has 0 aliphatic carbocycles. The molecule has 162 valence electrons. The second kappa shape index (κ2) is 10.5. The first-order valence-corrected chi connectivity index (χ1v) is 11.6. The second-order valence-electron chi connectivity index (χ2n) is 7.53. The van der Waals surface area contributed by atoms with Crippen molar-refractivity contribution >= 4 is 17.1 Å². The van der Waals surface area contributed by atoms with Gasteiger partial charge in [0.1, 0.15) is 5.75 Å². The van der Waals surface area contributed by atoms with Crippen molar-refractivity contribution in [3.8, 4) is 5.75 Å². The van der Waals surface area contributed by atoms with Gasteiger partial charge in [-0.15, -0.1) is 11.3 Å². The summed E-state index contributed by atoms with van der Waals surface area (Å²) in [7, 11) is 0. The minimum absolute atomic E-state index is 0.0442. The Morgan fingerprint density at radius 2 is 1.63 bits per heavy atom. The molecule has 1 aromatic heterocycles. The minimum Gasteiger partial charge on any atom is -0.494 e. The van der Waals surface area contributed by atoms with Crippen LogP contribution < -0.4 is 4.74 Å². The van der Waals surface area contributed by atoms with Gasteiger partial charge in [0, 0.05) is 26.2 Å². The van der Waals surface area contributed by atoms with Crippen molar-refractivity contribution in [2.75, 3.05) is 59.2 Å². The third-order valence-electron chi connectivity index (χ3n) is 5.74. The zero-order chi connectivity index (χ0) is 20.8. The van der Waals surface area contributed by atoms with Crippen LogP contribution in [0.25, 0.3) is 0 Å². The van der Waals surface area contributed by atoms with E-state index in [4.69, 9.17) is 14.2 Å². The summed E-state index contributed by atoms with van der Waals surface area (Å²) in [5.74, 6) is 1.05. The normalized spacial score (nSPS) is 20.6. The number of carbonyl (C=O) groups is 1. The fourth-order valence-electron chi connectivity index (χ4n) is 4.31. The first-order valence-electron chi connectivity index (χ1n) is 10.7. The number of Topliss-reactive ketones (excluding diaryl/α,β-unsaturated/α-hetero) is 1. The van der Waals surface area contributed by atoms with Crippen molar-refractivity contribution in [2.24, 2.45) is 0 Å². The molecule has 2 saturated heterocycles. The molecule has 4 rings (SSSR count).